The molecule has 100 valence electrons. The maximum absolute atomic E-state index is 12.4. The Bertz CT molecular complexity index is 433. The molecule has 1 unspecified atom stereocenters. The van der Waals surface area contributed by atoms with Gasteiger partial charge < -0.3 is 10.6 Å². The minimum atomic E-state index is 0. The second-order valence-corrected chi connectivity index (χ2v) is 5.66. The van der Waals surface area contributed by atoms with Crippen molar-refractivity contribution >= 4 is 35.8 Å². The topological polar surface area (TPSA) is 46.3 Å². The summed E-state index contributed by atoms with van der Waals surface area (Å²) in [4.78, 5) is 14.2. The highest BCUT2D eigenvalue weighted by Gasteiger charge is 2.25. The number of carbonyl (C=O) groups is 1. The van der Waals surface area contributed by atoms with Crippen LogP contribution < -0.4 is 5.73 Å². The number of thioether (sulfide) groups is 1. The van der Waals surface area contributed by atoms with Gasteiger partial charge in [0, 0.05) is 30.1 Å². The lowest BCUT2D eigenvalue weighted by Crippen LogP contribution is -2.37. The molecule has 0 spiro atoms. The maximum atomic E-state index is 12.4. The van der Waals surface area contributed by atoms with Crippen LogP contribution in [-0.2, 0) is 0 Å². The van der Waals surface area contributed by atoms with Gasteiger partial charge in [0.2, 0.25) is 0 Å². The van der Waals surface area contributed by atoms with Crippen molar-refractivity contribution in [3.63, 3.8) is 0 Å². The molecule has 1 aromatic rings. The number of benzene rings is 1. The Labute approximate surface area is 119 Å². The average molecular weight is 287 g/mol. The first kappa shape index (κ1) is 15.2. The average Bonchev–Trinajstić information content (AvgIpc) is 2.84. The van der Waals surface area contributed by atoms with E-state index in [9.17, 15) is 4.79 Å². The minimum absolute atomic E-state index is 0. The number of carbonyl (C=O) groups excluding carboxylic acids is 1. The molecule has 1 aliphatic rings. The SMILES string of the molecule is Cc1ccc(N)cc1C(=O)N(C)C1CCSC1.Cl. The van der Waals surface area contributed by atoms with Crippen LogP contribution in [-0.4, -0.2) is 35.4 Å². The lowest BCUT2D eigenvalue weighted by Gasteiger charge is -2.24. The molecule has 0 bridgehead atoms. The molecule has 2 N–H and O–H groups in total. The summed E-state index contributed by atoms with van der Waals surface area (Å²) in [5.74, 6) is 2.28. The van der Waals surface area contributed by atoms with Crippen LogP contribution in [0.2, 0.25) is 0 Å². The van der Waals surface area contributed by atoms with Crippen molar-refractivity contribution in [3.8, 4) is 0 Å². The Hall–Kier alpha value is -0.870. The largest absolute Gasteiger partial charge is 0.399 e. The Morgan fingerprint density at radius 1 is 1.50 bits per heavy atom. The van der Waals surface area contributed by atoms with E-state index in [0.29, 0.717) is 11.7 Å². The van der Waals surface area contributed by atoms with E-state index in [1.165, 1.54) is 0 Å². The van der Waals surface area contributed by atoms with Gasteiger partial charge in [0.25, 0.3) is 5.91 Å². The summed E-state index contributed by atoms with van der Waals surface area (Å²) in [7, 11) is 1.89. The Kier molecular flexibility index (Phi) is 5.35. The highest BCUT2D eigenvalue weighted by molar-refractivity contribution is 7.99. The van der Waals surface area contributed by atoms with Crippen LogP contribution in [0.3, 0.4) is 0 Å². The van der Waals surface area contributed by atoms with Crippen molar-refractivity contribution in [1.82, 2.24) is 4.90 Å². The molecular formula is C13H19ClN2OS. The molecule has 1 amide bonds. The van der Waals surface area contributed by atoms with Crippen molar-refractivity contribution in [2.45, 2.75) is 19.4 Å². The van der Waals surface area contributed by atoms with Crippen molar-refractivity contribution in [2.75, 3.05) is 24.3 Å². The Balaban J connectivity index is 0.00000162. The summed E-state index contributed by atoms with van der Waals surface area (Å²) in [6, 6.07) is 5.88. The number of nitrogens with zero attached hydrogens (tertiary/aromatic N) is 1. The fourth-order valence-corrected chi connectivity index (χ4v) is 3.32. The van der Waals surface area contributed by atoms with E-state index in [1.54, 1.807) is 6.07 Å². The van der Waals surface area contributed by atoms with Crippen molar-refractivity contribution < 1.29 is 4.79 Å². The molecule has 1 saturated heterocycles. The number of rotatable bonds is 2. The molecule has 0 saturated carbocycles. The number of hydrogen-bond donors (Lipinski definition) is 1. The summed E-state index contributed by atoms with van der Waals surface area (Å²) in [6.45, 7) is 1.95. The molecule has 1 aromatic carbocycles. The van der Waals surface area contributed by atoms with Gasteiger partial charge in [-0.2, -0.15) is 11.8 Å². The van der Waals surface area contributed by atoms with Crippen LogP contribution in [0, 0.1) is 6.92 Å². The molecule has 18 heavy (non-hydrogen) atoms. The van der Waals surface area contributed by atoms with Crippen LogP contribution in [0.15, 0.2) is 18.2 Å². The van der Waals surface area contributed by atoms with Gasteiger partial charge in [-0.3, -0.25) is 4.79 Å². The van der Waals surface area contributed by atoms with Crippen molar-refractivity contribution in [1.29, 1.82) is 0 Å². The van der Waals surface area contributed by atoms with E-state index < -0.39 is 0 Å². The molecule has 5 heteroatoms. The summed E-state index contributed by atoms with van der Waals surface area (Å²) in [5, 5.41) is 0. The summed E-state index contributed by atoms with van der Waals surface area (Å²) < 4.78 is 0. The molecule has 1 fully saturated rings. The molecule has 1 aliphatic heterocycles. The van der Waals surface area contributed by atoms with E-state index >= 15 is 0 Å². The van der Waals surface area contributed by atoms with E-state index in [1.807, 2.05) is 42.8 Å². The predicted octanol–water partition coefficient (Wildman–Crippen LogP) is 2.58. The van der Waals surface area contributed by atoms with Crippen molar-refractivity contribution in [2.24, 2.45) is 0 Å². The van der Waals surface area contributed by atoms with Gasteiger partial charge in [-0.05, 0) is 36.8 Å². The molecule has 1 atom stereocenters. The molecule has 2 rings (SSSR count). The third-order valence-corrected chi connectivity index (χ3v) is 4.41. The maximum Gasteiger partial charge on any atom is 0.254 e. The number of hydrogen-bond acceptors (Lipinski definition) is 3. The fraction of sp³-hybridized carbons (Fsp3) is 0.462. The van der Waals surface area contributed by atoms with Crippen LogP contribution in [0.1, 0.15) is 22.3 Å². The number of nitrogens with two attached hydrogens (primary N) is 1. The lowest BCUT2D eigenvalue weighted by atomic mass is 10.1. The van der Waals surface area contributed by atoms with Gasteiger partial charge in [-0.25, -0.2) is 0 Å². The second kappa shape index (κ2) is 6.34. The minimum Gasteiger partial charge on any atom is -0.399 e. The van der Waals surface area contributed by atoms with E-state index in [0.717, 1.165) is 29.1 Å². The highest BCUT2D eigenvalue weighted by atomic mass is 35.5. The smallest absolute Gasteiger partial charge is 0.254 e. The standard InChI is InChI=1S/C13H18N2OS.ClH/c1-9-3-4-10(14)7-12(9)13(16)15(2)11-5-6-17-8-11;/h3-4,7,11H,5-6,8,14H2,1-2H3;1H. The predicted molar refractivity (Wildman–Crippen MR) is 80.7 cm³/mol. The van der Waals surface area contributed by atoms with Gasteiger partial charge in [0.05, 0.1) is 0 Å². The van der Waals surface area contributed by atoms with Crippen LogP contribution in [0.5, 0.6) is 0 Å². The molecule has 0 aliphatic carbocycles. The summed E-state index contributed by atoms with van der Waals surface area (Å²) in [6.07, 6.45) is 1.09. The molecule has 0 aromatic heterocycles. The zero-order valence-corrected chi connectivity index (χ0v) is 12.3. The fourth-order valence-electron chi connectivity index (χ4n) is 2.05. The number of nitrogen functional groups attached to an aromatic ring is 1. The first-order valence-corrected chi connectivity index (χ1v) is 6.96. The van der Waals surface area contributed by atoms with E-state index in [-0.39, 0.29) is 18.3 Å². The van der Waals surface area contributed by atoms with Crippen LogP contribution >= 0.6 is 24.2 Å². The zero-order valence-electron chi connectivity index (χ0n) is 10.7. The number of anilines is 1. The van der Waals surface area contributed by atoms with Gasteiger partial charge in [0.15, 0.2) is 0 Å². The molecule has 0 radical (unpaired) electrons. The second-order valence-electron chi connectivity index (χ2n) is 4.51. The molecule has 3 nitrogen and oxygen atoms in total. The molecular weight excluding hydrogens is 268 g/mol. The van der Waals surface area contributed by atoms with Crippen LogP contribution in [0.25, 0.3) is 0 Å². The monoisotopic (exact) mass is 286 g/mol. The Morgan fingerprint density at radius 2 is 2.22 bits per heavy atom. The van der Waals surface area contributed by atoms with E-state index in [2.05, 4.69) is 0 Å². The quantitative estimate of drug-likeness (QED) is 0.850. The highest BCUT2D eigenvalue weighted by Crippen LogP contribution is 2.23. The zero-order chi connectivity index (χ0) is 12.4. The third kappa shape index (κ3) is 3.12. The van der Waals surface area contributed by atoms with Gasteiger partial charge in [-0.1, -0.05) is 6.07 Å². The Morgan fingerprint density at radius 3 is 2.83 bits per heavy atom. The third-order valence-electron chi connectivity index (χ3n) is 3.27. The first-order chi connectivity index (χ1) is 8.09. The summed E-state index contributed by atoms with van der Waals surface area (Å²) in [5.41, 5.74) is 8.10. The number of halogens is 1. The van der Waals surface area contributed by atoms with Gasteiger partial charge in [-0.15, -0.1) is 12.4 Å². The first-order valence-electron chi connectivity index (χ1n) is 5.80. The van der Waals surface area contributed by atoms with Gasteiger partial charge in [0.1, 0.15) is 0 Å². The normalized spacial score (nSPS) is 18.2. The van der Waals surface area contributed by atoms with Crippen LogP contribution in [0.4, 0.5) is 5.69 Å². The lowest BCUT2D eigenvalue weighted by molar-refractivity contribution is 0.0747. The van der Waals surface area contributed by atoms with E-state index in [4.69, 9.17) is 5.73 Å². The molecule has 1 heterocycles. The number of amides is 1. The number of aryl methyl sites for hydroxylation is 1. The van der Waals surface area contributed by atoms with Crippen molar-refractivity contribution in [3.05, 3.63) is 29.3 Å². The van der Waals surface area contributed by atoms with Gasteiger partial charge >= 0.3 is 0 Å². The summed E-state index contributed by atoms with van der Waals surface area (Å²) >= 11 is 1.91.